The molecule has 9 nitrogen and oxygen atoms in total. The van der Waals surface area contributed by atoms with E-state index >= 15 is 0 Å². The summed E-state index contributed by atoms with van der Waals surface area (Å²) in [5.74, 6) is 0.576. The largest absolute Gasteiger partial charge is 0.507 e. The van der Waals surface area contributed by atoms with Gasteiger partial charge in [-0.15, -0.1) is 0 Å². The van der Waals surface area contributed by atoms with Crippen LogP contribution >= 0.6 is 0 Å². The third kappa shape index (κ3) is 5.18. The SMILES string of the molecule is CCOc1ccc(C(O)=C2C(=O)C(=O)N(CCc3c[nH]c4ccc(OC)cc34)[C@@H]2c2cc(OC)ccc2OC)cc1. The first-order valence-electron chi connectivity index (χ1n) is 13.3. The molecule has 1 aromatic heterocycles. The number of ketones is 1. The van der Waals surface area contributed by atoms with E-state index in [4.69, 9.17) is 18.9 Å². The third-order valence-electron chi connectivity index (χ3n) is 7.31. The summed E-state index contributed by atoms with van der Waals surface area (Å²) < 4.78 is 22.0. The molecule has 2 N–H and O–H groups in total. The monoisotopic (exact) mass is 556 g/mol. The van der Waals surface area contributed by atoms with E-state index in [9.17, 15) is 14.7 Å². The number of aliphatic hydroxyl groups excluding tert-OH is 1. The summed E-state index contributed by atoms with van der Waals surface area (Å²) in [6.45, 7) is 2.58. The van der Waals surface area contributed by atoms with E-state index in [1.165, 1.54) is 19.1 Å². The molecular weight excluding hydrogens is 524 g/mol. The van der Waals surface area contributed by atoms with E-state index in [-0.39, 0.29) is 17.9 Å². The van der Waals surface area contributed by atoms with Crippen molar-refractivity contribution in [2.45, 2.75) is 19.4 Å². The fraction of sp³-hybridized carbons (Fsp3) is 0.250. The molecule has 1 fully saturated rings. The first-order chi connectivity index (χ1) is 19.9. The van der Waals surface area contributed by atoms with Crippen molar-refractivity contribution in [1.29, 1.82) is 0 Å². The minimum absolute atomic E-state index is 0.0219. The molecule has 4 aromatic rings. The van der Waals surface area contributed by atoms with Crippen LogP contribution in [0.3, 0.4) is 0 Å². The van der Waals surface area contributed by atoms with Crippen molar-refractivity contribution in [3.8, 4) is 23.0 Å². The normalized spacial score (nSPS) is 16.3. The van der Waals surface area contributed by atoms with Crippen LogP contribution in [0.2, 0.25) is 0 Å². The number of amides is 1. The molecular formula is C32H32N2O7. The number of fused-ring (bicyclic) bond motifs is 1. The van der Waals surface area contributed by atoms with Gasteiger partial charge in [0.1, 0.15) is 28.8 Å². The van der Waals surface area contributed by atoms with Crippen molar-refractivity contribution in [1.82, 2.24) is 9.88 Å². The fourth-order valence-electron chi connectivity index (χ4n) is 5.25. The first kappa shape index (κ1) is 27.6. The molecule has 1 aliphatic heterocycles. The number of hydrogen-bond acceptors (Lipinski definition) is 7. The molecule has 0 unspecified atom stereocenters. The Balaban J connectivity index is 1.60. The standard InChI is InChI=1S/C32H32N2O7/c1-5-41-21-8-6-19(7-9-21)30(35)28-29(25-17-23(39-3)11-13-27(25)40-4)34(32(37)31(28)36)15-14-20-18-33-26-12-10-22(38-2)16-24(20)26/h6-13,16-18,29,33,35H,5,14-15H2,1-4H3/t29-/m1/s1. The lowest BCUT2D eigenvalue weighted by Gasteiger charge is -2.27. The van der Waals surface area contributed by atoms with Gasteiger partial charge in [0, 0.05) is 34.8 Å². The fourth-order valence-corrected chi connectivity index (χ4v) is 5.25. The van der Waals surface area contributed by atoms with Gasteiger partial charge in [0.25, 0.3) is 11.7 Å². The highest BCUT2D eigenvalue weighted by Crippen LogP contribution is 2.44. The molecule has 1 aliphatic rings. The molecule has 0 aliphatic carbocycles. The van der Waals surface area contributed by atoms with E-state index in [1.54, 1.807) is 49.6 Å². The lowest BCUT2D eigenvalue weighted by atomic mass is 9.94. The van der Waals surface area contributed by atoms with Crippen molar-refractivity contribution in [3.63, 3.8) is 0 Å². The average molecular weight is 557 g/mol. The van der Waals surface area contributed by atoms with Crippen molar-refractivity contribution in [3.05, 3.63) is 89.1 Å². The van der Waals surface area contributed by atoms with Gasteiger partial charge in [-0.25, -0.2) is 0 Å². The Morgan fingerprint density at radius 2 is 1.59 bits per heavy atom. The summed E-state index contributed by atoms with van der Waals surface area (Å²) in [6, 6.07) is 16.7. The van der Waals surface area contributed by atoms with Gasteiger partial charge in [-0.3, -0.25) is 9.59 Å². The number of benzene rings is 3. The second kappa shape index (κ2) is 11.7. The molecule has 212 valence electrons. The summed E-state index contributed by atoms with van der Waals surface area (Å²) >= 11 is 0. The molecule has 0 bridgehead atoms. The number of nitrogens with zero attached hydrogens (tertiary/aromatic N) is 1. The van der Waals surface area contributed by atoms with Crippen LogP contribution in [0, 0.1) is 0 Å². The van der Waals surface area contributed by atoms with Crippen molar-refractivity contribution in [2.24, 2.45) is 0 Å². The minimum atomic E-state index is -0.911. The van der Waals surface area contributed by atoms with E-state index in [0.717, 1.165) is 22.2 Å². The van der Waals surface area contributed by atoms with Crippen LogP contribution < -0.4 is 18.9 Å². The maximum absolute atomic E-state index is 13.6. The number of aliphatic hydroxyl groups is 1. The zero-order valence-corrected chi connectivity index (χ0v) is 23.4. The molecule has 1 saturated heterocycles. The van der Waals surface area contributed by atoms with Crippen molar-refractivity contribution < 1.29 is 33.6 Å². The smallest absolute Gasteiger partial charge is 0.295 e. The Morgan fingerprint density at radius 3 is 2.27 bits per heavy atom. The lowest BCUT2D eigenvalue weighted by Crippen LogP contribution is -2.31. The molecule has 41 heavy (non-hydrogen) atoms. The Hall–Kier alpha value is -4.92. The maximum atomic E-state index is 13.6. The number of H-pyrrole nitrogens is 1. The van der Waals surface area contributed by atoms with Crippen LogP contribution in [0.4, 0.5) is 0 Å². The summed E-state index contributed by atoms with van der Waals surface area (Å²) in [5, 5.41) is 12.4. The summed E-state index contributed by atoms with van der Waals surface area (Å²) in [7, 11) is 4.66. The first-order valence-corrected chi connectivity index (χ1v) is 13.3. The van der Waals surface area contributed by atoms with Crippen LogP contribution in [-0.2, 0) is 16.0 Å². The second-order valence-electron chi connectivity index (χ2n) is 9.53. The zero-order valence-electron chi connectivity index (χ0n) is 23.4. The third-order valence-corrected chi connectivity index (χ3v) is 7.31. The molecule has 3 aromatic carbocycles. The lowest BCUT2D eigenvalue weighted by molar-refractivity contribution is -0.139. The molecule has 1 atom stereocenters. The van der Waals surface area contributed by atoms with Gasteiger partial charge in [0.05, 0.1) is 39.6 Å². The van der Waals surface area contributed by atoms with Gasteiger partial charge in [-0.2, -0.15) is 0 Å². The number of hydrogen-bond donors (Lipinski definition) is 2. The van der Waals surface area contributed by atoms with Crippen LogP contribution in [0.25, 0.3) is 16.7 Å². The van der Waals surface area contributed by atoms with E-state index < -0.39 is 17.7 Å². The van der Waals surface area contributed by atoms with Gasteiger partial charge in [-0.1, -0.05) is 0 Å². The number of carbonyl (C=O) groups excluding carboxylic acids is 2. The number of ether oxygens (including phenoxy) is 4. The van der Waals surface area contributed by atoms with Gasteiger partial charge in [-0.05, 0) is 79.6 Å². The zero-order chi connectivity index (χ0) is 29.1. The highest BCUT2D eigenvalue weighted by Gasteiger charge is 2.47. The van der Waals surface area contributed by atoms with E-state index in [2.05, 4.69) is 4.98 Å². The second-order valence-corrected chi connectivity index (χ2v) is 9.53. The minimum Gasteiger partial charge on any atom is -0.507 e. The Bertz CT molecular complexity index is 1620. The molecule has 0 spiro atoms. The van der Waals surface area contributed by atoms with Gasteiger partial charge in [0.15, 0.2) is 0 Å². The van der Waals surface area contributed by atoms with Gasteiger partial charge < -0.3 is 33.9 Å². The van der Waals surface area contributed by atoms with Crippen molar-refractivity contribution >= 4 is 28.4 Å². The van der Waals surface area contributed by atoms with Crippen LogP contribution in [0.1, 0.15) is 29.7 Å². The number of methoxy groups -OCH3 is 3. The summed E-state index contributed by atoms with van der Waals surface area (Å²) in [4.78, 5) is 31.9. The number of nitrogens with one attached hydrogen (secondary N) is 1. The summed E-state index contributed by atoms with van der Waals surface area (Å²) in [6.07, 6.45) is 2.34. The highest BCUT2D eigenvalue weighted by molar-refractivity contribution is 6.46. The Labute approximate surface area is 237 Å². The Morgan fingerprint density at radius 1 is 0.902 bits per heavy atom. The molecule has 1 amide bonds. The predicted molar refractivity (Wildman–Crippen MR) is 155 cm³/mol. The topological polar surface area (TPSA) is 110 Å². The Kier molecular flexibility index (Phi) is 7.87. The summed E-state index contributed by atoms with van der Waals surface area (Å²) in [5.41, 5.74) is 2.79. The molecule has 0 saturated carbocycles. The molecule has 9 heteroatoms. The average Bonchev–Trinajstić information content (AvgIpc) is 3.52. The quantitative estimate of drug-likeness (QED) is 0.156. The molecule has 5 rings (SSSR count). The number of likely N-dealkylation sites (tertiary alicyclic amines) is 1. The predicted octanol–water partition coefficient (Wildman–Crippen LogP) is 5.26. The van der Waals surface area contributed by atoms with E-state index in [1.807, 2.05) is 31.3 Å². The van der Waals surface area contributed by atoms with Crippen LogP contribution in [0.5, 0.6) is 23.0 Å². The number of carbonyl (C=O) groups is 2. The van der Waals surface area contributed by atoms with Crippen LogP contribution in [-0.4, -0.2) is 61.2 Å². The van der Waals surface area contributed by atoms with Crippen LogP contribution in [0.15, 0.2) is 72.4 Å². The molecule has 0 radical (unpaired) electrons. The maximum Gasteiger partial charge on any atom is 0.295 e. The highest BCUT2D eigenvalue weighted by atomic mass is 16.5. The number of aromatic amines is 1. The molecule has 2 heterocycles. The van der Waals surface area contributed by atoms with Crippen molar-refractivity contribution in [2.75, 3.05) is 34.5 Å². The van der Waals surface area contributed by atoms with Gasteiger partial charge in [0.2, 0.25) is 0 Å². The van der Waals surface area contributed by atoms with E-state index in [0.29, 0.717) is 41.4 Å². The number of Topliss-reactive ketones (excluding diaryl/α,β-unsaturated/α-hetero) is 1. The van der Waals surface area contributed by atoms with Gasteiger partial charge >= 0.3 is 0 Å². The number of aromatic nitrogens is 1. The number of rotatable bonds is 10.